The predicted molar refractivity (Wildman–Crippen MR) is 120 cm³/mol. The van der Waals surface area contributed by atoms with Crippen molar-refractivity contribution >= 4 is 44.6 Å². The van der Waals surface area contributed by atoms with Gasteiger partial charge in [-0.15, -0.1) is 0 Å². The van der Waals surface area contributed by atoms with Crippen LogP contribution in [0.1, 0.15) is 38.3 Å². The Balaban J connectivity index is 1.56. The van der Waals surface area contributed by atoms with E-state index in [0.29, 0.717) is 33.0 Å². The number of hydrogen-bond donors (Lipinski definition) is 2. The smallest absolute Gasteiger partial charge is 0.193 e. The van der Waals surface area contributed by atoms with Crippen LogP contribution in [0.5, 0.6) is 0 Å². The van der Waals surface area contributed by atoms with Gasteiger partial charge in [0.1, 0.15) is 11.5 Å². The fraction of sp³-hybridized carbons (Fsp3) is 0.0370. The second-order valence-electron chi connectivity index (χ2n) is 7.91. The Bertz CT molecular complexity index is 1420. The summed E-state index contributed by atoms with van der Waals surface area (Å²) in [7, 11) is 0. The molecule has 0 aromatic heterocycles. The molecule has 0 aliphatic heterocycles. The number of aliphatic hydroxyl groups is 2. The van der Waals surface area contributed by atoms with Crippen molar-refractivity contribution in [3.8, 4) is 0 Å². The molecule has 2 aliphatic rings. The lowest BCUT2D eigenvalue weighted by atomic mass is 9.80. The molecule has 0 amide bonds. The van der Waals surface area contributed by atoms with Gasteiger partial charge in [0, 0.05) is 50.6 Å². The van der Waals surface area contributed by atoms with E-state index in [1.165, 1.54) is 0 Å². The average molecular weight is 404 g/mol. The fourth-order valence-corrected chi connectivity index (χ4v) is 4.83. The van der Waals surface area contributed by atoms with Gasteiger partial charge in [-0.25, -0.2) is 0 Å². The molecule has 4 aromatic carbocycles. The number of hydrogen-bond acceptors (Lipinski definition) is 4. The van der Waals surface area contributed by atoms with E-state index < -0.39 is 0 Å². The van der Waals surface area contributed by atoms with Gasteiger partial charge in [-0.1, -0.05) is 72.8 Å². The fourth-order valence-electron chi connectivity index (χ4n) is 4.83. The van der Waals surface area contributed by atoms with E-state index in [0.717, 1.165) is 10.8 Å². The summed E-state index contributed by atoms with van der Waals surface area (Å²) in [6.07, 6.45) is -0.148. The average Bonchev–Trinajstić information content (AvgIpc) is 2.80. The number of aliphatic hydroxyl groups excluding tert-OH is 2. The Morgan fingerprint density at radius 2 is 0.871 bits per heavy atom. The zero-order chi connectivity index (χ0) is 21.3. The first-order valence-electron chi connectivity index (χ1n) is 10.0. The molecule has 0 saturated carbocycles. The van der Waals surface area contributed by atoms with Crippen molar-refractivity contribution in [2.75, 3.05) is 0 Å². The lowest BCUT2D eigenvalue weighted by Gasteiger charge is -2.23. The molecular weight excluding hydrogens is 388 g/mol. The summed E-state index contributed by atoms with van der Waals surface area (Å²) in [5, 5.41) is 25.1. The molecule has 0 atom stereocenters. The number of ketones is 2. The van der Waals surface area contributed by atoms with Crippen LogP contribution in [0.2, 0.25) is 0 Å². The van der Waals surface area contributed by atoms with Crippen molar-refractivity contribution in [1.82, 2.24) is 0 Å². The molecule has 2 N–H and O–H groups in total. The quantitative estimate of drug-likeness (QED) is 0.429. The monoisotopic (exact) mass is 404 g/mol. The maximum Gasteiger partial charge on any atom is 0.193 e. The van der Waals surface area contributed by atoms with Gasteiger partial charge < -0.3 is 10.2 Å². The van der Waals surface area contributed by atoms with Crippen LogP contribution in [-0.2, 0) is 0 Å². The van der Waals surface area contributed by atoms with E-state index in [1.807, 2.05) is 36.4 Å². The van der Waals surface area contributed by atoms with Gasteiger partial charge in [-0.05, 0) is 10.8 Å². The van der Waals surface area contributed by atoms with Crippen molar-refractivity contribution in [3.05, 3.63) is 106 Å². The Hall–Kier alpha value is -4.18. The number of carbonyl (C=O) groups is 2. The summed E-state index contributed by atoms with van der Waals surface area (Å²) >= 11 is 0. The molecule has 0 spiro atoms. The van der Waals surface area contributed by atoms with Gasteiger partial charge in [0.05, 0.1) is 0 Å². The van der Waals surface area contributed by atoms with Crippen LogP contribution in [0.25, 0.3) is 33.1 Å². The Morgan fingerprint density at radius 1 is 0.516 bits per heavy atom. The van der Waals surface area contributed by atoms with Crippen molar-refractivity contribution in [2.24, 2.45) is 0 Å². The number of carbonyl (C=O) groups excluding carboxylic acids is 2. The third-order valence-corrected chi connectivity index (χ3v) is 6.28. The van der Waals surface area contributed by atoms with E-state index in [9.17, 15) is 19.8 Å². The number of Topliss-reactive ketones (excluding diaryl/α,β-unsaturated/α-hetero) is 2. The summed E-state index contributed by atoms with van der Waals surface area (Å²) < 4.78 is 0. The molecule has 6 rings (SSSR count). The van der Waals surface area contributed by atoms with Crippen LogP contribution in [-0.4, -0.2) is 21.8 Å². The van der Waals surface area contributed by atoms with Gasteiger partial charge in [0.2, 0.25) is 0 Å². The first kappa shape index (κ1) is 17.7. The second kappa shape index (κ2) is 6.16. The van der Waals surface area contributed by atoms with Crippen molar-refractivity contribution < 1.29 is 19.8 Å². The first-order valence-corrected chi connectivity index (χ1v) is 10.0. The van der Waals surface area contributed by atoms with E-state index in [4.69, 9.17) is 0 Å². The molecule has 0 bridgehead atoms. The Morgan fingerprint density at radius 3 is 1.26 bits per heavy atom. The summed E-state index contributed by atoms with van der Waals surface area (Å²) in [4.78, 5) is 26.6. The van der Waals surface area contributed by atoms with Gasteiger partial charge in [0.25, 0.3) is 0 Å². The van der Waals surface area contributed by atoms with Crippen LogP contribution in [0.15, 0.2) is 83.9 Å². The summed E-state index contributed by atoms with van der Waals surface area (Å²) in [5.74, 6) is -0.933. The SMILES string of the molecule is O=C1C(CC2=C(O)c3cccc4cccc(c34)C2=O)=C(O)c2cccc3cccc1c23. The molecule has 0 radical (unpaired) electrons. The molecule has 0 unspecified atom stereocenters. The van der Waals surface area contributed by atoms with Crippen LogP contribution >= 0.6 is 0 Å². The molecule has 0 fully saturated rings. The first-order chi connectivity index (χ1) is 15.1. The summed E-state index contributed by atoms with van der Waals surface area (Å²) in [5.41, 5.74) is 2.35. The van der Waals surface area contributed by atoms with Crippen LogP contribution in [0.4, 0.5) is 0 Å². The van der Waals surface area contributed by atoms with Crippen LogP contribution in [0, 0.1) is 0 Å². The molecule has 148 valence electrons. The highest BCUT2D eigenvalue weighted by molar-refractivity contribution is 6.27. The summed E-state index contributed by atoms with van der Waals surface area (Å²) in [6.45, 7) is 0. The predicted octanol–water partition coefficient (Wildman–Crippen LogP) is 6.01. The number of allylic oxidation sites excluding steroid dienone is 2. The molecule has 4 heteroatoms. The van der Waals surface area contributed by atoms with Gasteiger partial charge in [-0.3, -0.25) is 9.59 Å². The lowest BCUT2D eigenvalue weighted by Crippen LogP contribution is -2.18. The Labute approximate surface area is 177 Å². The highest BCUT2D eigenvalue weighted by Crippen LogP contribution is 2.41. The topological polar surface area (TPSA) is 74.6 Å². The van der Waals surface area contributed by atoms with Crippen molar-refractivity contribution in [1.29, 1.82) is 0 Å². The van der Waals surface area contributed by atoms with E-state index in [1.54, 1.807) is 36.4 Å². The minimum atomic E-state index is -0.327. The number of rotatable bonds is 2. The normalized spacial score (nSPS) is 15.4. The molecule has 4 nitrogen and oxygen atoms in total. The number of benzene rings is 4. The molecule has 0 heterocycles. The molecular formula is C27H16O4. The van der Waals surface area contributed by atoms with Crippen LogP contribution in [0.3, 0.4) is 0 Å². The molecule has 0 saturated heterocycles. The molecule has 4 aromatic rings. The lowest BCUT2D eigenvalue weighted by molar-refractivity contribution is 0.102. The zero-order valence-electron chi connectivity index (χ0n) is 16.3. The van der Waals surface area contributed by atoms with Gasteiger partial charge >= 0.3 is 0 Å². The highest BCUT2D eigenvalue weighted by Gasteiger charge is 2.33. The highest BCUT2D eigenvalue weighted by atomic mass is 16.3. The van der Waals surface area contributed by atoms with E-state index in [2.05, 4.69) is 0 Å². The molecule has 31 heavy (non-hydrogen) atoms. The third kappa shape index (κ3) is 2.30. The standard InChI is InChI=1S/C27H16O4/c28-24-16-9-1-5-14-6-2-10-17(22(14)16)25(29)20(24)13-21-26(30)18-11-3-7-15-8-4-12-19(23(15)18)27(21)31/h1-12,28,30H,13H2. The van der Waals surface area contributed by atoms with Gasteiger partial charge in [-0.2, -0.15) is 0 Å². The summed E-state index contributed by atoms with van der Waals surface area (Å²) in [6, 6.07) is 21.8. The minimum Gasteiger partial charge on any atom is -0.507 e. The minimum absolute atomic E-state index is 0.118. The third-order valence-electron chi connectivity index (χ3n) is 6.28. The second-order valence-corrected chi connectivity index (χ2v) is 7.91. The maximum atomic E-state index is 13.3. The van der Waals surface area contributed by atoms with Crippen molar-refractivity contribution in [2.45, 2.75) is 6.42 Å². The molecule has 2 aliphatic carbocycles. The largest absolute Gasteiger partial charge is 0.507 e. The van der Waals surface area contributed by atoms with Crippen LogP contribution < -0.4 is 0 Å². The maximum absolute atomic E-state index is 13.3. The Kier molecular flexibility index (Phi) is 3.51. The van der Waals surface area contributed by atoms with E-state index >= 15 is 0 Å². The van der Waals surface area contributed by atoms with Gasteiger partial charge in [0.15, 0.2) is 11.6 Å². The van der Waals surface area contributed by atoms with E-state index in [-0.39, 0.29) is 40.7 Å². The van der Waals surface area contributed by atoms with Crippen molar-refractivity contribution in [3.63, 3.8) is 0 Å². The zero-order valence-corrected chi connectivity index (χ0v) is 16.3.